The fourth-order valence-corrected chi connectivity index (χ4v) is 11.5. The second-order valence-corrected chi connectivity index (χ2v) is 17.6. The van der Waals surface area contributed by atoms with Gasteiger partial charge in [-0.3, -0.25) is 0 Å². The van der Waals surface area contributed by atoms with Crippen LogP contribution >= 0.6 is 22.7 Å². The Morgan fingerprint density at radius 1 is 0.583 bits per heavy atom. The Morgan fingerprint density at radius 3 is 1.50 bits per heavy atom. The predicted octanol–water partition coefficient (Wildman–Crippen LogP) is 15.5. The van der Waals surface area contributed by atoms with Crippen LogP contribution in [-0.4, -0.2) is 0 Å². The van der Waals surface area contributed by atoms with Gasteiger partial charge in [0.2, 0.25) is 0 Å². The molecule has 2 aromatic heterocycles. The lowest BCUT2D eigenvalue weighted by atomic mass is 9.68. The number of hydrogen-bond acceptors (Lipinski definition) is 2. The van der Waals surface area contributed by atoms with E-state index in [1.54, 1.807) is 12.1 Å². The number of thiophene rings is 2. The zero-order valence-electron chi connectivity index (χ0n) is 28.9. The lowest BCUT2D eigenvalue weighted by Gasteiger charge is -2.37. The Kier molecular flexibility index (Phi) is 13.7. The predicted molar refractivity (Wildman–Crippen MR) is 191 cm³/mol. The smallest absolute Gasteiger partial charge is 0.165 e. The maximum atomic E-state index is 12.8. The molecule has 3 saturated carbocycles. The fourth-order valence-electron chi connectivity index (χ4n) is 9.48. The van der Waals surface area contributed by atoms with Gasteiger partial charge in [0.1, 0.15) is 9.75 Å². The molecule has 1 atom stereocenters. The molecule has 0 spiro atoms. The zero-order chi connectivity index (χ0) is 34.3. The Hall–Kier alpha value is -1.28. The quantitative estimate of drug-likeness (QED) is 0.239. The van der Waals surface area contributed by atoms with Crippen molar-refractivity contribution in [1.29, 1.82) is 0 Å². The van der Waals surface area contributed by atoms with Crippen LogP contribution in [0.3, 0.4) is 0 Å². The molecule has 6 rings (SSSR count). The second kappa shape index (κ2) is 17.3. The van der Waals surface area contributed by atoms with Gasteiger partial charge < -0.3 is 0 Å². The Balaban J connectivity index is 0.000000216. The lowest BCUT2D eigenvalue weighted by Crippen LogP contribution is -2.25. The molecule has 2 aromatic rings. The van der Waals surface area contributed by atoms with Crippen molar-refractivity contribution in [3.05, 3.63) is 49.9 Å². The third kappa shape index (κ3) is 10.4. The Labute approximate surface area is 294 Å². The molecule has 0 N–H and O–H groups in total. The monoisotopic (exact) mass is 716 g/mol. The highest BCUT2D eigenvalue weighted by atomic mass is 32.1. The van der Waals surface area contributed by atoms with Crippen molar-refractivity contribution in [2.75, 3.05) is 0 Å². The molecule has 272 valence electrons. The first-order valence-electron chi connectivity index (χ1n) is 19.0. The van der Waals surface area contributed by atoms with E-state index in [1.807, 2.05) is 0 Å². The number of allylic oxidation sites excluding steroid dienone is 2. The van der Waals surface area contributed by atoms with Gasteiger partial charge >= 0.3 is 12.4 Å². The molecule has 0 aromatic carbocycles. The number of hydrogen-bond donors (Lipinski definition) is 0. The van der Waals surface area contributed by atoms with Crippen LogP contribution in [0.2, 0.25) is 0 Å². The first-order valence-corrected chi connectivity index (χ1v) is 20.6. The largest absolute Gasteiger partial charge is 0.425 e. The van der Waals surface area contributed by atoms with Crippen molar-refractivity contribution in [3.63, 3.8) is 0 Å². The van der Waals surface area contributed by atoms with E-state index in [0.29, 0.717) is 5.92 Å². The maximum Gasteiger partial charge on any atom is 0.425 e. The van der Waals surface area contributed by atoms with E-state index in [2.05, 4.69) is 19.9 Å². The summed E-state index contributed by atoms with van der Waals surface area (Å²) < 4.78 is 76.6. The summed E-state index contributed by atoms with van der Waals surface area (Å²) in [5.41, 5.74) is 1.13. The van der Waals surface area contributed by atoms with Gasteiger partial charge in [0.25, 0.3) is 0 Å². The molecule has 0 radical (unpaired) electrons. The van der Waals surface area contributed by atoms with Gasteiger partial charge in [-0.25, -0.2) is 0 Å². The second-order valence-electron chi connectivity index (χ2n) is 15.4. The van der Waals surface area contributed by atoms with Crippen molar-refractivity contribution >= 4 is 28.2 Å². The summed E-state index contributed by atoms with van der Waals surface area (Å²) in [5.74, 6) is 5.54. The average molecular weight is 717 g/mol. The summed E-state index contributed by atoms with van der Waals surface area (Å²) in [5, 5.41) is 0. The molecule has 0 saturated heterocycles. The topological polar surface area (TPSA) is 0 Å². The molecule has 1 unspecified atom stereocenters. The van der Waals surface area contributed by atoms with Gasteiger partial charge in [-0.15, -0.1) is 22.7 Å². The minimum atomic E-state index is -4.21. The summed E-state index contributed by atoms with van der Waals surface area (Å²) in [6.07, 6.45) is 18.0. The van der Waals surface area contributed by atoms with Crippen LogP contribution in [0, 0.1) is 35.5 Å². The molecule has 4 aliphatic carbocycles. The molecule has 0 amide bonds. The van der Waals surface area contributed by atoms with Crippen LogP contribution in [0.1, 0.15) is 163 Å². The summed E-state index contributed by atoms with van der Waals surface area (Å²) in [6.45, 7) is 4.55. The fraction of sp³-hybridized carbons (Fsp3) is 0.750. The summed E-state index contributed by atoms with van der Waals surface area (Å²) in [4.78, 5) is 0.850. The first kappa shape index (κ1) is 38.0. The highest BCUT2D eigenvalue weighted by molar-refractivity contribution is 7.13. The molecule has 8 heteroatoms. The normalized spacial score (nSPS) is 30.3. The van der Waals surface area contributed by atoms with E-state index in [9.17, 15) is 26.3 Å². The standard InChI is InChI=1S/C20H29F3S.C20H27F3S.H2/c2*1-2-3-14-4-6-15(7-5-14)16-8-10-17(11-9-16)18-12-13-19(24-18)20(21,22)23;/h12-17H,2-11H2,1H3;10,12-16H,2-9,11H2,1H3;1H. The third-order valence-electron chi connectivity index (χ3n) is 12.2. The van der Waals surface area contributed by atoms with Crippen LogP contribution in [0.25, 0.3) is 5.57 Å². The highest BCUT2D eigenvalue weighted by Gasteiger charge is 2.36. The van der Waals surface area contributed by atoms with E-state index in [1.165, 1.54) is 102 Å². The number of halogens is 6. The van der Waals surface area contributed by atoms with Crippen LogP contribution in [0.15, 0.2) is 30.3 Å². The number of alkyl halides is 6. The zero-order valence-corrected chi connectivity index (χ0v) is 30.6. The van der Waals surface area contributed by atoms with Gasteiger partial charge in [-0.2, -0.15) is 26.3 Å². The summed E-state index contributed by atoms with van der Waals surface area (Å²) in [6, 6.07) is 5.85. The van der Waals surface area contributed by atoms with Crippen LogP contribution < -0.4 is 0 Å². The molecular weight excluding hydrogens is 659 g/mol. The van der Waals surface area contributed by atoms with Crippen LogP contribution in [0.5, 0.6) is 0 Å². The summed E-state index contributed by atoms with van der Waals surface area (Å²) >= 11 is 1.86. The molecule has 0 nitrogen and oxygen atoms in total. The van der Waals surface area contributed by atoms with Crippen molar-refractivity contribution in [3.8, 4) is 0 Å². The molecule has 48 heavy (non-hydrogen) atoms. The lowest BCUT2D eigenvalue weighted by molar-refractivity contribution is -0.135. The van der Waals surface area contributed by atoms with Crippen molar-refractivity contribution < 1.29 is 27.8 Å². The van der Waals surface area contributed by atoms with Crippen molar-refractivity contribution in [1.82, 2.24) is 0 Å². The average Bonchev–Trinajstić information content (AvgIpc) is 3.78. The molecule has 0 aliphatic heterocycles. The third-order valence-corrected chi connectivity index (χ3v) is 14.7. The van der Waals surface area contributed by atoms with Gasteiger partial charge in [0.15, 0.2) is 0 Å². The van der Waals surface area contributed by atoms with Gasteiger partial charge in [0.05, 0.1) is 0 Å². The highest BCUT2D eigenvalue weighted by Crippen LogP contribution is 2.47. The van der Waals surface area contributed by atoms with Gasteiger partial charge in [-0.1, -0.05) is 71.3 Å². The molecule has 2 heterocycles. The van der Waals surface area contributed by atoms with E-state index in [0.717, 1.165) is 106 Å². The van der Waals surface area contributed by atoms with E-state index < -0.39 is 22.1 Å². The van der Waals surface area contributed by atoms with Gasteiger partial charge in [0, 0.05) is 11.2 Å². The Morgan fingerprint density at radius 2 is 1.06 bits per heavy atom. The van der Waals surface area contributed by atoms with Crippen molar-refractivity contribution in [2.45, 2.75) is 154 Å². The first-order chi connectivity index (χ1) is 22.9. The molecule has 4 aliphatic rings. The maximum absolute atomic E-state index is 12.8. The SMILES string of the molecule is CCCC1CCC(C2CC=C(c3ccc(C(F)(F)F)s3)CC2)CC1.CCCC1CCC(C2CCC(c3ccc(C(F)(F)F)s3)CC2)CC1.[HH]. The van der Waals surface area contributed by atoms with Crippen molar-refractivity contribution in [2.24, 2.45) is 35.5 Å². The summed E-state index contributed by atoms with van der Waals surface area (Å²) in [7, 11) is 0. The van der Waals surface area contributed by atoms with E-state index in [4.69, 9.17) is 0 Å². The van der Waals surface area contributed by atoms with Gasteiger partial charge in [-0.05, 0) is 142 Å². The van der Waals surface area contributed by atoms with E-state index >= 15 is 0 Å². The van der Waals surface area contributed by atoms with Crippen LogP contribution in [-0.2, 0) is 12.4 Å². The minimum absolute atomic E-state index is 0. The van der Waals surface area contributed by atoms with Crippen LogP contribution in [0.4, 0.5) is 26.3 Å². The Bertz CT molecular complexity index is 1270. The molecular formula is C40H58F6S2. The van der Waals surface area contributed by atoms with E-state index in [-0.39, 0.29) is 1.43 Å². The minimum Gasteiger partial charge on any atom is -0.165 e. The molecule has 3 fully saturated rings. The number of rotatable bonds is 8. The molecule has 0 bridgehead atoms.